The van der Waals surface area contributed by atoms with Gasteiger partial charge in [0.1, 0.15) is 11.7 Å². The van der Waals surface area contributed by atoms with Crippen LogP contribution >= 0.6 is 11.6 Å². The van der Waals surface area contributed by atoms with Gasteiger partial charge in [0.05, 0.1) is 5.03 Å². The zero-order chi connectivity index (χ0) is 13.3. The van der Waals surface area contributed by atoms with E-state index in [4.69, 9.17) is 17.3 Å². The number of hydrogen-bond acceptors (Lipinski definition) is 2. The first-order valence-electron chi connectivity index (χ1n) is 5.25. The fraction of sp³-hybridized carbons (Fsp3) is 0.154. The van der Waals surface area contributed by atoms with Crippen molar-refractivity contribution < 1.29 is 13.6 Å². The summed E-state index contributed by atoms with van der Waals surface area (Å²) in [6, 6.07) is 7.84. The molecule has 0 unspecified atom stereocenters. The highest BCUT2D eigenvalue weighted by Gasteiger charge is 2.44. The Kier molecular flexibility index (Phi) is 3.32. The van der Waals surface area contributed by atoms with Gasteiger partial charge in [-0.15, -0.1) is 0 Å². The number of benzene rings is 1. The molecule has 18 heavy (non-hydrogen) atoms. The Labute approximate surface area is 108 Å². The summed E-state index contributed by atoms with van der Waals surface area (Å²) < 4.78 is 27.9. The van der Waals surface area contributed by atoms with E-state index in [2.05, 4.69) is 0 Å². The van der Waals surface area contributed by atoms with Crippen LogP contribution in [0.4, 0.5) is 8.78 Å². The first-order chi connectivity index (χ1) is 8.43. The first kappa shape index (κ1) is 12.9. The molecule has 0 heterocycles. The van der Waals surface area contributed by atoms with Gasteiger partial charge < -0.3 is 0 Å². The van der Waals surface area contributed by atoms with Gasteiger partial charge in [-0.3, -0.25) is 10.5 Å². The molecule has 0 amide bonds. The van der Waals surface area contributed by atoms with E-state index in [1.807, 2.05) is 0 Å². The van der Waals surface area contributed by atoms with E-state index in [9.17, 15) is 13.6 Å². The molecule has 2 N–H and O–H groups in total. The summed E-state index contributed by atoms with van der Waals surface area (Å²) in [4.78, 5) is 12.1. The summed E-state index contributed by atoms with van der Waals surface area (Å²) >= 11 is 5.56. The van der Waals surface area contributed by atoms with Gasteiger partial charge >= 0.3 is 0 Å². The van der Waals surface area contributed by atoms with Crippen molar-refractivity contribution >= 4 is 17.4 Å². The molecule has 1 aromatic carbocycles. The Morgan fingerprint density at radius 1 is 1.33 bits per heavy atom. The standard InChI is InChI=1S/C13H10ClF2NO/c14-9-6-7-13(16,17)10(11(9)15)12(18)8-4-2-1-3-5-8/h1-7,10H,17H2/t10-,13+/m0/s1. The Hall–Kier alpha value is -1.52. The van der Waals surface area contributed by atoms with E-state index in [0.717, 1.165) is 12.2 Å². The minimum atomic E-state index is -2.57. The Morgan fingerprint density at radius 2 is 1.94 bits per heavy atom. The van der Waals surface area contributed by atoms with Crippen LogP contribution in [0.2, 0.25) is 0 Å². The lowest BCUT2D eigenvalue weighted by molar-refractivity contribution is 0.0753. The number of nitrogens with two attached hydrogens (primary N) is 1. The number of rotatable bonds is 2. The SMILES string of the molecule is N[C@]1(F)C=CC(Cl)=C(F)[C@H]1C(=O)c1ccccc1. The molecule has 1 aliphatic rings. The summed E-state index contributed by atoms with van der Waals surface area (Å²) in [6.45, 7) is 0. The molecule has 0 bridgehead atoms. The summed E-state index contributed by atoms with van der Waals surface area (Å²) in [5, 5.41) is -0.303. The quantitative estimate of drug-likeness (QED) is 0.662. The van der Waals surface area contributed by atoms with Crippen LogP contribution in [0.5, 0.6) is 0 Å². The maximum Gasteiger partial charge on any atom is 0.194 e. The fourth-order valence-corrected chi connectivity index (χ4v) is 1.97. The van der Waals surface area contributed by atoms with Crippen LogP contribution in [0.3, 0.4) is 0 Å². The smallest absolute Gasteiger partial charge is 0.194 e. The largest absolute Gasteiger partial charge is 0.295 e. The number of halogens is 3. The monoisotopic (exact) mass is 269 g/mol. The number of carbonyl (C=O) groups is 1. The molecule has 0 saturated heterocycles. The zero-order valence-corrected chi connectivity index (χ0v) is 9.99. The summed E-state index contributed by atoms with van der Waals surface area (Å²) in [5.41, 5.74) is 5.49. The van der Waals surface area contributed by atoms with E-state index >= 15 is 0 Å². The fourth-order valence-electron chi connectivity index (χ4n) is 1.79. The molecule has 1 aromatic rings. The van der Waals surface area contributed by atoms with Gasteiger partial charge in [0.25, 0.3) is 0 Å². The summed E-state index contributed by atoms with van der Waals surface area (Å²) in [5.74, 6) is -6.09. The Bertz CT molecular complexity index is 537. The number of alkyl halides is 1. The molecule has 0 fully saturated rings. The molecule has 2 atom stereocenters. The van der Waals surface area contributed by atoms with Gasteiger partial charge in [0, 0.05) is 5.56 Å². The van der Waals surface area contributed by atoms with Crippen molar-refractivity contribution in [3.63, 3.8) is 0 Å². The predicted octanol–water partition coefficient (Wildman–Crippen LogP) is 3.10. The third kappa shape index (κ3) is 2.21. The third-order valence-electron chi connectivity index (χ3n) is 2.73. The minimum absolute atomic E-state index is 0.185. The van der Waals surface area contributed by atoms with Crippen molar-refractivity contribution in [2.45, 2.75) is 5.79 Å². The van der Waals surface area contributed by atoms with Gasteiger partial charge in [-0.2, -0.15) is 0 Å². The van der Waals surface area contributed by atoms with Crippen molar-refractivity contribution in [3.05, 3.63) is 58.9 Å². The molecule has 2 nitrogen and oxygen atoms in total. The van der Waals surface area contributed by atoms with Crippen molar-refractivity contribution in [3.8, 4) is 0 Å². The highest BCUT2D eigenvalue weighted by Crippen LogP contribution is 2.37. The second kappa shape index (κ2) is 4.63. The lowest BCUT2D eigenvalue weighted by atomic mass is 9.85. The number of allylic oxidation sites excluding steroid dienone is 2. The number of carbonyl (C=O) groups excluding carboxylic acids is 1. The van der Waals surface area contributed by atoms with Crippen molar-refractivity contribution in [2.24, 2.45) is 11.7 Å². The van der Waals surface area contributed by atoms with Crippen LogP contribution in [0.15, 0.2) is 53.3 Å². The lowest BCUT2D eigenvalue weighted by Crippen LogP contribution is -2.46. The van der Waals surface area contributed by atoms with Crippen LogP contribution < -0.4 is 5.73 Å². The molecule has 0 aliphatic heterocycles. The minimum Gasteiger partial charge on any atom is -0.295 e. The highest BCUT2D eigenvalue weighted by molar-refractivity contribution is 6.31. The van der Waals surface area contributed by atoms with Gasteiger partial charge in [-0.1, -0.05) is 41.9 Å². The van der Waals surface area contributed by atoms with Crippen molar-refractivity contribution in [1.29, 1.82) is 0 Å². The van der Waals surface area contributed by atoms with Crippen LogP contribution in [-0.4, -0.2) is 11.6 Å². The predicted molar refractivity (Wildman–Crippen MR) is 65.4 cm³/mol. The maximum absolute atomic E-state index is 14.0. The summed E-state index contributed by atoms with van der Waals surface area (Å²) in [6.07, 6.45) is 1.91. The van der Waals surface area contributed by atoms with Gasteiger partial charge in [0.15, 0.2) is 11.6 Å². The Balaban J connectivity index is 2.43. The number of ketones is 1. The molecule has 0 spiro atoms. The number of Topliss-reactive ketones (excluding diaryl/α,β-unsaturated/α-hetero) is 1. The van der Waals surface area contributed by atoms with E-state index in [1.54, 1.807) is 18.2 Å². The molecule has 94 valence electrons. The van der Waals surface area contributed by atoms with Gasteiger partial charge in [0.2, 0.25) is 0 Å². The van der Waals surface area contributed by atoms with Crippen LogP contribution in [-0.2, 0) is 0 Å². The zero-order valence-electron chi connectivity index (χ0n) is 9.24. The molecule has 0 radical (unpaired) electrons. The molecular weight excluding hydrogens is 260 g/mol. The van der Waals surface area contributed by atoms with Crippen molar-refractivity contribution in [1.82, 2.24) is 0 Å². The van der Waals surface area contributed by atoms with Crippen LogP contribution in [0.25, 0.3) is 0 Å². The molecule has 0 saturated carbocycles. The average molecular weight is 270 g/mol. The average Bonchev–Trinajstić information content (AvgIpc) is 2.35. The molecule has 2 rings (SSSR count). The van der Waals surface area contributed by atoms with Gasteiger partial charge in [-0.25, -0.2) is 8.78 Å². The van der Waals surface area contributed by atoms with E-state index in [0.29, 0.717) is 0 Å². The van der Waals surface area contributed by atoms with E-state index < -0.39 is 23.3 Å². The number of hydrogen-bond donors (Lipinski definition) is 1. The molecule has 1 aliphatic carbocycles. The Morgan fingerprint density at radius 3 is 2.56 bits per heavy atom. The maximum atomic E-state index is 14.0. The second-order valence-electron chi connectivity index (χ2n) is 4.02. The summed E-state index contributed by atoms with van der Waals surface area (Å²) in [7, 11) is 0. The van der Waals surface area contributed by atoms with Crippen LogP contribution in [0.1, 0.15) is 10.4 Å². The molecular formula is C13H10ClF2NO. The van der Waals surface area contributed by atoms with Crippen LogP contribution in [0, 0.1) is 5.92 Å². The van der Waals surface area contributed by atoms with Gasteiger partial charge in [-0.05, 0) is 12.2 Å². The second-order valence-corrected chi connectivity index (χ2v) is 4.43. The van der Waals surface area contributed by atoms with E-state index in [1.165, 1.54) is 12.1 Å². The van der Waals surface area contributed by atoms with E-state index in [-0.39, 0.29) is 10.6 Å². The lowest BCUT2D eigenvalue weighted by Gasteiger charge is -2.28. The molecule has 0 aromatic heterocycles. The molecule has 5 heteroatoms. The topological polar surface area (TPSA) is 43.1 Å². The highest BCUT2D eigenvalue weighted by atomic mass is 35.5. The third-order valence-corrected chi connectivity index (χ3v) is 3.04. The first-order valence-corrected chi connectivity index (χ1v) is 5.63. The van der Waals surface area contributed by atoms with Crippen molar-refractivity contribution in [2.75, 3.05) is 0 Å². The normalized spacial score (nSPS) is 27.4.